The van der Waals surface area contributed by atoms with Crippen molar-refractivity contribution < 1.29 is 4.74 Å². The Labute approximate surface area is 101 Å². The summed E-state index contributed by atoms with van der Waals surface area (Å²) in [7, 11) is 0. The lowest BCUT2D eigenvalue weighted by Gasteiger charge is -2.07. The van der Waals surface area contributed by atoms with E-state index in [1.54, 1.807) is 30.6 Å². The lowest BCUT2D eigenvalue weighted by atomic mass is 10.3. The van der Waals surface area contributed by atoms with Crippen LogP contribution in [-0.4, -0.2) is 4.98 Å². The van der Waals surface area contributed by atoms with E-state index >= 15 is 0 Å². The number of rotatable bonds is 2. The zero-order chi connectivity index (χ0) is 10.7. The summed E-state index contributed by atoms with van der Waals surface area (Å²) in [5, 5.41) is 0.579. The van der Waals surface area contributed by atoms with E-state index in [9.17, 15) is 0 Å². The number of aromatic nitrogens is 1. The number of pyridine rings is 1. The van der Waals surface area contributed by atoms with Gasteiger partial charge in [-0.3, -0.25) is 4.98 Å². The molecule has 2 nitrogen and oxygen atoms in total. The van der Waals surface area contributed by atoms with Gasteiger partial charge in [0.15, 0.2) is 0 Å². The van der Waals surface area contributed by atoms with Crippen LogP contribution in [0.3, 0.4) is 0 Å². The molecular weight excluding hydrogens is 277 g/mol. The van der Waals surface area contributed by atoms with Crippen LogP contribution in [0.5, 0.6) is 11.5 Å². The number of benzene rings is 1. The second-order valence-corrected chi connectivity index (χ2v) is 4.18. The number of hydrogen-bond acceptors (Lipinski definition) is 2. The molecule has 0 saturated carbocycles. The van der Waals surface area contributed by atoms with Crippen LogP contribution < -0.4 is 4.74 Å². The summed E-state index contributed by atoms with van der Waals surface area (Å²) in [5.74, 6) is 1.34. The third-order valence-corrected chi connectivity index (χ3v) is 2.58. The summed E-state index contributed by atoms with van der Waals surface area (Å²) >= 11 is 9.34. The molecule has 1 heterocycles. The third-order valence-electron chi connectivity index (χ3n) is 1.77. The molecule has 0 fully saturated rings. The van der Waals surface area contributed by atoms with E-state index in [-0.39, 0.29) is 0 Å². The fourth-order valence-corrected chi connectivity index (χ4v) is 1.58. The summed E-state index contributed by atoms with van der Waals surface area (Å²) in [6.07, 6.45) is 3.34. The zero-order valence-corrected chi connectivity index (χ0v) is 9.99. The SMILES string of the molecule is Clc1ccc(Br)cc1Oc1ccncc1. The highest BCUT2D eigenvalue weighted by Crippen LogP contribution is 2.31. The van der Waals surface area contributed by atoms with Crippen LogP contribution in [-0.2, 0) is 0 Å². The fourth-order valence-electron chi connectivity index (χ4n) is 1.09. The smallest absolute Gasteiger partial charge is 0.147 e. The first-order valence-electron chi connectivity index (χ1n) is 4.28. The largest absolute Gasteiger partial charge is 0.456 e. The van der Waals surface area contributed by atoms with Crippen LogP contribution in [0.4, 0.5) is 0 Å². The summed E-state index contributed by atoms with van der Waals surface area (Å²) in [6, 6.07) is 9.02. The summed E-state index contributed by atoms with van der Waals surface area (Å²) in [5.41, 5.74) is 0. The van der Waals surface area contributed by atoms with Gasteiger partial charge < -0.3 is 4.74 Å². The normalized spacial score (nSPS) is 10.0. The van der Waals surface area contributed by atoms with Crippen molar-refractivity contribution in [3.8, 4) is 11.5 Å². The molecule has 0 spiro atoms. The highest BCUT2D eigenvalue weighted by molar-refractivity contribution is 9.10. The lowest BCUT2D eigenvalue weighted by Crippen LogP contribution is -1.85. The molecule has 15 heavy (non-hydrogen) atoms. The summed E-state index contributed by atoms with van der Waals surface area (Å²) in [6.45, 7) is 0. The number of hydrogen-bond donors (Lipinski definition) is 0. The molecule has 0 aliphatic rings. The molecular formula is C11H7BrClNO. The van der Waals surface area contributed by atoms with E-state index in [0.717, 1.165) is 4.47 Å². The Morgan fingerprint density at radius 3 is 2.60 bits per heavy atom. The molecule has 0 saturated heterocycles. The molecule has 76 valence electrons. The fraction of sp³-hybridized carbons (Fsp3) is 0. The van der Waals surface area contributed by atoms with Gasteiger partial charge in [0.2, 0.25) is 0 Å². The molecule has 0 bridgehead atoms. The quantitative estimate of drug-likeness (QED) is 0.821. The van der Waals surface area contributed by atoms with Crippen LogP contribution >= 0.6 is 27.5 Å². The van der Waals surface area contributed by atoms with Crippen molar-refractivity contribution in [1.29, 1.82) is 0 Å². The van der Waals surface area contributed by atoms with Gasteiger partial charge in [-0.1, -0.05) is 27.5 Å². The number of halogens is 2. The summed E-state index contributed by atoms with van der Waals surface area (Å²) in [4.78, 5) is 3.90. The van der Waals surface area contributed by atoms with Gasteiger partial charge in [-0.15, -0.1) is 0 Å². The van der Waals surface area contributed by atoms with E-state index in [0.29, 0.717) is 16.5 Å². The van der Waals surface area contributed by atoms with Gasteiger partial charge in [0.05, 0.1) is 5.02 Å². The number of ether oxygens (including phenoxy) is 1. The van der Waals surface area contributed by atoms with E-state index in [1.807, 2.05) is 12.1 Å². The molecule has 2 aromatic rings. The van der Waals surface area contributed by atoms with Crippen molar-refractivity contribution >= 4 is 27.5 Å². The molecule has 1 aromatic carbocycles. The van der Waals surface area contributed by atoms with Gasteiger partial charge in [-0.05, 0) is 30.3 Å². The third kappa shape index (κ3) is 2.70. The van der Waals surface area contributed by atoms with E-state index in [1.165, 1.54) is 0 Å². The van der Waals surface area contributed by atoms with Gasteiger partial charge in [0.25, 0.3) is 0 Å². The second kappa shape index (κ2) is 4.64. The van der Waals surface area contributed by atoms with E-state index in [4.69, 9.17) is 16.3 Å². The van der Waals surface area contributed by atoms with Crippen LogP contribution in [0.1, 0.15) is 0 Å². The Hall–Kier alpha value is -1.06. The minimum absolute atomic E-state index is 0.579. The molecule has 0 aliphatic carbocycles. The predicted octanol–water partition coefficient (Wildman–Crippen LogP) is 4.29. The van der Waals surface area contributed by atoms with Crippen LogP contribution in [0.15, 0.2) is 47.2 Å². The zero-order valence-electron chi connectivity index (χ0n) is 7.65. The Bertz CT molecular complexity index is 461. The first-order chi connectivity index (χ1) is 7.25. The molecule has 0 aliphatic heterocycles. The second-order valence-electron chi connectivity index (χ2n) is 2.86. The van der Waals surface area contributed by atoms with Gasteiger partial charge in [0, 0.05) is 16.9 Å². The first-order valence-corrected chi connectivity index (χ1v) is 5.46. The summed E-state index contributed by atoms with van der Waals surface area (Å²) < 4.78 is 6.51. The maximum absolute atomic E-state index is 5.98. The standard InChI is InChI=1S/C11H7BrClNO/c12-8-1-2-10(13)11(7-8)15-9-3-5-14-6-4-9/h1-7H. The Morgan fingerprint density at radius 2 is 1.87 bits per heavy atom. The molecule has 0 atom stereocenters. The maximum Gasteiger partial charge on any atom is 0.147 e. The van der Waals surface area contributed by atoms with E-state index in [2.05, 4.69) is 20.9 Å². The minimum atomic E-state index is 0.579. The molecule has 0 amide bonds. The van der Waals surface area contributed by atoms with Gasteiger partial charge in [-0.2, -0.15) is 0 Å². The highest BCUT2D eigenvalue weighted by Gasteiger charge is 2.03. The number of nitrogens with zero attached hydrogens (tertiary/aromatic N) is 1. The first kappa shape index (κ1) is 10.5. The topological polar surface area (TPSA) is 22.1 Å². The predicted molar refractivity (Wildman–Crippen MR) is 63.5 cm³/mol. The molecule has 0 N–H and O–H groups in total. The Morgan fingerprint density at radius 1 is 1.13 bits per heavy atom. The van der Waals surface area contributed by atoms with Gasteiger partial charge >= 0.3 is 0 Å². The monoisotopic (exact) mass is 283 g/mol. The minimum Gasteiger partial charge on any atom is -0.456 e. The van der Waals surface area contributed by atoms with Crippen molar-refractivity contribution in [3.05, 3.63) is 52.2 Å². The molecule has 0 unspecified atom stereocenters. The van der Waals surface area contributed by atoms with Crippen molar-refractivity contribution in [1.82, 2.24) is 4.98 Å². The Kier molecular flexibility index (Phi) is 3.23. The molecule has 4 heteroatoms. The maximum atomic E-state index is 5.98. The van der Waals surface area contributed by atoms with Crippen molar-refractivity contribution in [2.75, 3.05) is 0 Å². The van der Waals surface area contributed by atoms with E-state index < -0.39 is 0 Å². The Balaban J connectivity index is 2.28. The highest BCUT2D eigenvalue weighted by atomic mass is 79.9. The van der Waals surface area contributed by atoms with Crippen LogP contribution in [0, 0.1) is 0 Å². The van der Waals surface area contributed by atoms with Crippen molar-refractivity contribution in [2.45, 2.75) is 0 Å². The average Bonchev–Trinajstić information content (AvgIpc) is 2.25. The average molecular weight is 285 g/mol. The van der Waals surface area contributed by atoms with Gasteiger partial charge in [-0.25, -0.2) is 0 Å². The van der Waals surface area contributed by atoms with Crippen LogP contribution in [0.2, 0.25) is 5.02 Å². The molecule has 1 aromatic heterocycles. The molecule has 0 radical (unpaired) electrons. The molecule has 2 rings (SSSR count). The lowest BCUT2D eigenvalue weighted by molar-refractivity contribution is 0.482. The van der Waals surface area contributed by atoms with Gasteiger partial charge in [0.1, 0.15) is 11.5 Å². The van der Waals surface area contributed by atoms with Crippen LogP contribution in [0.25, 0.3) is 0 Å². The van der Waals surface area contributed by atoms with Crippen molar-refractivity contribution in [3.63, 3.8) is 0 Å². The van der Waals surface area contributed by atoms with Crippen molar-refractivity contribution in [2.24, 2.45) is 0 Å².